The Morgan fingerprint density at radius 1 is 1.30 bits per heavy atom. The summed E-state index contributed by atoms with van der Waals surface area (Å²) in [6.07, 6.45) is 1.53. The fourth-order valence-corrected chi connectivity index (χ4v) is 2.58. The summed E-state index contributed by atoms with van der Waals surface area (Å²) in [5, 5.41) is 5.07. The summed E-state index contributed by atoms with van der Waals surface area (Å²) < 4.78 is 6.77. The first kappa shape index (κ1) is 15.9. The highest BCUT2D eigenvalue weighted by Crippen LogP contribution is 2.45. The highest BCUT2D eigenvalue weighted by molar-refractivity contribution is 6.30. The van der Waals surface area contributed by atoms with E-state index < -0.39 is 11.7 Å². The molecule has 0 saturated heterocycles. The minimum atomic E-state index is -0.584. The summed E-state index contributed by atoms with van der Waals surface area (Å²) >= 11 is 5.93. The van der Waals surface area contributed by atoms with Gasteiger partial charge in [0.2, 0.25) is 0 Å². The SMILES string of the molecule is CC(C)(C)OC(=O)n1nc(-c2ccc(Cl)cc2)c(N)c1C1CC1. The van der Waals surface area contributed by atoms with Gasteiger partial charge in [-0.15, -0.1) is 0 Å². The highest BCUT2D eigenvalue weighted by atomic mass is 35.5. The average Bonchev–Trinajstić information content (AvgIpc) is 3.21. The zero-order valence-electron chi connectivity index (χ0n) is 13.5. The fourth-order valence-electron chi connectivity index (χ4n) is 2.46. The Morgan fingerprint density at radius 3 is 2.43 bits per heavy atom. The number of ether oxygens (including phenoxy) is 1. The van der Waals surface area contributed by atoms with Crippen LogP contribution >= 0.6 is 11.6 Å². The van der Waals surface area contributed by atoms with E-state index in [0.29, 0.717) is 16.4 Å². The predicted octanol–water partition coefficient (Wildman–Crippen LogP) is 4.45. The number of hydrogen-bond donors (Lipinski definition) is 1. The number of nitrogens with two attached hydrogens (primary N) is 1. The molecule has 0 atom stereocenters. The summed E-state index contributed by atoms with van der Waals surface area (Å²) in [6, 6.07) is 7.24. The Hall–Kier alpha value is -2.01. The maximum absolute atomic E-state index is 12.5. The van der Waals surface area contributed by atoms with Crippen LogP contribution in [-0.2, 0) is 4.74 Å². The van der Waals surface area contributed by atoms with Crippen molar-refractivity contribution in [3.05, 3.63) is 35.0 Å². The number of carbonyl (C=O) groups excluding carboxylic acids is 1. The molecule has 0 aliphatic heterocycles. The number of carbonyl (C=O) groups is 1. The second kappa shape index (κ2) is 5.57. The Morgan fingerprint density at radius 2 is 1.91 bits per heavy atom. The topological polar surface area (TPSA) is 70.1 Å². The molecule has 0 unspecified atom stereocenters. The second-order valence-electron chi connectivity index (χ2n) is 6.82. The molecule has 0 bridgehead atoms. The number of nitrogen functional groups attached to an aromatic ring is 1. The Balaban J connectivity index is 2.04. The van der Waals surface area contributed by atoms with Crippen LogP contribution in [0.5, 0.6) is 0 Å². The van der Waals surface area contributed by atoms with Crippen LogP contribution in [0.15, 0.2) is 24.3 Å². The summed E-state index contributed by atoms with van der Waals surface area (Å²) in [6.45, 7) is 5.48. The van der Waals surface area contributed by atoms with Crippen LogP contribution < -0.4 is 5.73 Å². The van der Waals surface area contributed by atoms with Gasteiger partial charge in [0, 0.05) is 16.5 Å². The fraction of sp³-hybridized carbons (Fsp3) is 0.412. The molecular formula is C17H20ClN3O2. The maximum Gasteiger partial charge on any atom is 0.435 e. The van der Waals surface area contributed by atoms with E-state index in [1.165, 1.54) is 4.68 Å². The van der Waals surface area contributed by atoms with Crippen LogP contribution in [-0.4, -0.2) is 21.5 Å². The number of anilines is 1. The van der Waals surface area contributed by atoms with Crippen molar-refractivity contribution in [2.45, 2.75) is 45.1 Å². The summed E-state index contributed by atoms with van der Waals surface area (Å²) in [4.78, 5) is 12.5. The molecular weight excluding hydrogens is 314 g/mol. The lowest BCUT2D eigenvalue weighted by Crippen LogP contribution is -2.28. The van der Waals surface area contributed by atoms with Crippen molar-refractivity contribution in [2.24, 2.45) is 0 Å². The van der Waals surface area contributed by atoms with Crippen molar-refractivity contribution in [1.29, 1.82) is 0 Å². The third-order valence-corrected chi connectivity index (χ3v) is 3.86. The first-order valence-electron chi connectivity index (χ1n) is 7.64. The smallest absolute Gasteiger partial charge is 0.435 e. The molecule has 6 heteroatoms. The van der Waals surface area contributed by atoms with Gasteiger partial charge in [0.05, 0.1) is 11.4 Å². The molecule has 2 N–H and O–H groups in total. The molecule has 122 valence electrons. The summed E-state index contributed by atoms with van der Waals surface area (Å²) in [5.41, 5.74) is 8.43. The lowest BCUT2D eigenvalue weighted by atomic mass is 10.1. The average molecular weight is 334 g/mol. The summed E-state index contributed by atoms with van der Waals surface area (Å²) in [7, 11) is 0. The van der Waals surface area contributed by atoms with Gasteiger partial charge in [0.1, 0.15) is 11.3 Å². The van der Waals surface area contributed by atoms with E-state index in [-0.39, 0.29) is 5.92 Å². The van der Waals surface area contributed by atoms with Gasteiger partial charge in [-0.1, -0.05) is 23.7 Å². The molecule has 5 nitrogen and oxygen atoms in total. The van der Waals surface area contributed by atoms with Crippen LogP contribution in [0.1, 0.15) is 45.2 Å². The minimum Gasteiger partial charge on any atom is -0.442 e. The normalized spacial score (nSPS) is 14.8. The van der Waals surface area contributed by atoms with E-state index in [1.54, 1.807) is 12.1 Å². The van der Waals surface area contributed by atoms with Crippen LogP contribution in [0.2, 0.25) is 5.02 Å². The van der Waals surface area contributed by atoms with Crippen LogP contribution in [0.25, 0.3) is 11.3 Å². The lowest BCUT2D eigenvalue weighted by molar-refractivity contribution is 0.0510. The van der Waals surface area contributed by atoms with Crippen LogP contribution in [0.3, 0.4) is 0 Å². The van der Waals surface area contributed by atoms with E-state index in [2.05, 4.69) is 5.10 Å². The molecule has 2 aromatic rings. The van der Waals surface area contributed by atoms with Gasteiger partial charge >= 0.3 is 6.09 Å². The monoisotopic (exact) mass is 333 g/mol. The standard InChI is InChI=1S/C17H20ClN3O2/c1-17(2,3)23-16(22)21-15(11-4-5-11)13(19)14(20-21)10-6-8-12(18)9-7-10/h6-9,11H,4-5,19H2,1-3H3. The molecule has 1 aromatic heterocycles. The van der Waals surface area contributed by atoms with Crippen molar-refractivity contribution in [2.75, 3.05) is 5.73 Å². The van der Waals surface area contributed by atoms with Gasteiger partial charge in [-0.3, -0.25) is 0 Å². The van der Waals surface area contributed by atoms with E-state index in [1.807, 2.05) is 32.9 Å². The van der Waals surface area contributed by atoms with E-state index in [9.17, 15) is 4.79 Å². The number of nitrogens with zero attached hydrogens (tertiary/aromatic N) is 2. The Labute approximate surface area is 140 Å². The lowest BCUT2D eigenvalue weighted by Gasteiger charge is -2.19. The molecule has 0 spiro atoms. The Kier molecular flexibility index (Phi) is 3.84. The first-order valence-corrected chi connectivity index (χ1v) is 8.02. The molecule has 1 aliphatic rings. The van der Waals surface area contributed by atoms with Gasteiger partial charge < -0.3 is 10.5 Å². The van der Waals surface area contributed by atoms with E-state index >= 15 is 0 Å². The van der Waals surface area contributed by atoms with E-state index in [4.69, 9.17) is 22.1 Å². The third kappa shape index (κ3) is 3.34. The predicted molar refractivity (Wildman–Crippen MR) is 90.7 cm³/mol. The minimum absolute atomic E-state index is 0.274. The van der Waals surface area contributed by atoms with Crippen molar-refractivity contribution in [1.82, 2.24) is 9.78 Å². The highest BCUT2D eigenvalue weighted by Gasteiger charge is 2.35. The largest absolute Gasteiger partial charge is 0.442 e. The number of aromatic nitrogens is 2. The van der Waals surface area contributed by atoms with Crippen molar-refractivity contribution in [3.63, 3.8) is 0 Å². The van der Waals surface area contributed by atoms with Gasteiger partial charge in [-0.05, 0) is 45.7 Å². The molecule has 0 radical (unpaired) electrons. The molecule has 3 rings (SSSR count). The molecule has 23 heavy (non-hydrogen) atoms. The van der Waals surface area contributed by atoms with Crippen molar-refractivity contribution in [3.8, 4) is 11.3 Å². The number of rotatable bonds is 2. The molecule has 0 amide bonds. The van der Waals surface area contributed by atoms with Crippen molar-refractivity contribution < 1.29 is 9.53 Å². The molecule has 1 fully saturated rings. The zero-order chi connectivity index (χ0) is 16.8. The maximum atomic E-state index is 12.5. The number of halogens is 1. The van der Waals surface area contributed by atoms with Crippen LogP contribution in [0, 0.1) is 0 Å². The molecule has 1 heterocycles. The second-order valence-corrected chi connectivity index (χ2v) is 7.26. The Bertz CT molecular complexity index is 740. The third-order valence-electron chi connectivity index (χ3n) is 3.61. The molecule has 1 aromatic carbocycles. The van der Waals surface area contributed by atoms with Gasteiger partial charge in [0.15, 0.2) is 0 Å². The van der Waals surface area contributed by atoms with Gasteiger partial charge in [-0.2, -0.15) is 9.78 Å². The molecule has 1 aliphatic carbocycles. The van der Waals surface area contributed by atoms with Gasteiger partial charge in [0.25, 0.3) is 0 Å². The number of hydrogen-bond acceptors (Lipinski definition) is 4. The molecule has 1 saturated carbocycles. The van der Waals surface area contributed by atoms with Crippen molar-refractivity contribution >= 4 is 23.4 Å². The zero-order valence-corrected chi connectivity index (χ0v) is 14.2. The van der Waals surface area contributed by atoms with Gasteiger partial charge in [-0.25, -0.2) is 4.79 Å². The quantitative estimate of drug-likeness (QED) is 0.881. The van der Waals surface area contributed by atoms with E-state index in [0.717, 1.165) is 24.1 Å². The first-order chi connectivity index (χ1) is 10.8. The number of benzene rings is 1. The van der Waals surface area contributed by atoms with Crippen LogP contribution in [0.4, 0.5) is 10.5 Å². The summed E-state index contributed by atoms with van der Waals surface area (Å²) in [5.74, 6) is 0.274.